The molecule has 0 spiro atoms. The van der Waals surface area contributed by atoms with Crippen LogP contribution in [0.1, 0.15) is 48.8 Å². The first kappa shape index (κ1) is 17.9. The molecule has 2 heterocycles. The average Bonchev–Trinajstić information content (AvgIpc) is 3.23. The van der Waals surface area contributed by atoms with Gasteiger partial charge in [0.25, 0.3) is 0 Å². The van der Waals surface area contributed by atoms with Crippen LogP contribution in [0.4, 0.5) is 4.79 Å². The van der Waals surface area contributed by atoms with E-state index >= 15 is 0 Å². The summed E-state index contributed by atoms with van der Waals surface area (Å²) < 4.78 is 2.20. The molecule has 9 heteroatoms. The molecule has 0 aromatic carbocycles. The van der Waals surface area contributed by atoms with Gasteiger partial charge in [-0.2, -0.15) is 0 Å². The fourth-order valence-electron chi connectivity index (χ4n) is 3.10. The maximum absolute atomic E-state index is 11.7. The van der Waals surface area contributed by atoms with Crippen molar-refractivity contribution in [1.29, 1.82) is 0 Å². The number of amides is 3. The monoisotopic (exact) mass is 379 g/mol. The fraction of sp³-hybridized carbons (Fsp3) is 0.500. The highest BCUT2D eigenvalue weighted by atomic mass is 32.2. The number of rotatable bonds is 6. The third-order valence-electron chi connectivity index (χ3n) is 4.18. The minimum atomic E-state index is -0.835. The number of nitrogens with zero attached hydrogens (tertiary/aromatic N) is 3. The highest BCUT2D eigenvalue weighted by Crippen LogP contribution is 2.33. The molecule has 0 bridgehead atoms. The van der Waals surface area contributed by atoms with E-state index in [0.717, 1.165) is 30.2 Å². The van der Waals surface area contributed by atoms with Crippen LogP contribution >= 0.6 is 23.1 Å². The molecule has 2 aromatic heterocycles. The number of aromatic nitrogens is 3. The molecule has 3 amide bonds. The smallest absolute Gasteiger partial charge is 0.318 e. The van der Waals surface area contributed by atoms with Crippen LogP contribution in [-0.4, -0.2) is 32.5 Å². The van der Waals surface area contributed by atoms with Crippen molar-refractivity contribution in [2.24, 2.45) is 5.73 Å². The number of imide groups is 1. The van der Waals surface area contributed by atoms with Gasteiger partial charge in [-0.1, -0.05) is 37.1 Å². The van der Waals surface area contributed by atoms with Crippen molar-refractivity contribution in [3.05, 3.63) is 28.2 Å². The summed E-state index contributed by atoms with van der Waals surface area (Å²) >= 11 is 3.00. The molecule has 1 fully saturated rings. The molecule has 0 saturated heterocycles. The van der Waals surface area contributed by atoms with Gasteiger partial charge in [0.2, 0.25) is 5.91 Å². The first-order valence-electron chi connectivity index (χ1n) is 8.31. The highest BCUT2D eigenvalue weighted by Gasteiger charge is 2.23. The number of carbonyl (C=O) groups is 2. The standard InChI is InChI=1S/C16H21N5O2S2/c17-15(23)18-14(22)10-25-16-20-19-13(9-12-7-4-8-24-12)21(16)11-5-2-1-3-6-11/h4,7-8,11H,1-3,5-6,9-10H2,(H3,17,18,22,23). The molecule has 0 aliphatic heterocycles. The zero-order valence-corrected chi connectivity index (χ0v) is 15.4. The van der Waals surface area contributed by atoms with Crippen LogP contribution in [0.3, 0.4) is 0 Å². The molecule has 134 valence electrons. The minimum Gasteiger partial charge on any atom is -0.351 e. The van der Waals surface area contributed by atoms with Gasteiger partial charge in [-0.3, -0.25) is 10.1 Å². The topological polar surface area (TPSA) is 103 Å². The van der Waals surface area contributed by atoms with Crippen molar-refractivity contribution in [3.8, 4) is 0 Å². The Labute approximate surface area is 154 Å². The van der Waals surface area contributed by atoms with Crippen LogP contribution in [-0.2, 0) is 11.2 Å². The molecule has 25 heavy (non-hydrogen) atoms. The number of thioether (sulfide) groups is 1. The van der Waals surface area contributed by atoms with E-state index < -0.39 is 11.9 Å². The summed E-state index contributed by atoms with van der Waals surface area (Å²) in [5.41, 5.74) is 4.98. The van der Waals surface area contributed by atoms with Crippen LogP contribution in [0.5, 0.6) is 0 Å². The van der Waals surface area contributed by atoms with Crippen molar-refractivity contribution in [2.75, 3.05) is 5.75 Å². The maximum atomic E-state index is 11.7. The van der Waals surface area contributed by atoms with Crippen LogP contribution in [0.25, 0.3) is 0 Å². The van der Waals surface area contributed by atoms with Crippen molar-refractivity contribution in [2.45, 2.75) is 49.7 Å². The fourth-order valence-corrected chi connectivity index (χ4v) is 4.63. The van der Waals surface area contributed by atoms with Gasteiger partial charge in [-0.05, 0) is 24.3 Å². The molecule has 3 N–H and O–H groups in total. The predicted molar refractivity (Wildman–Crippen MR) is 97.7 cm³/mol. The van der Waals surface area contributed by atoms with Crippen LogP contribution in [0.2, 0.25) is 0 Å². The molecule has 0 radical (unpaired) electrons. The first-order valence-corrected chi connectivity index (χ1v) is 10.2. The average molecular weight is 380 g/mol. The Morgan fingerprint density at radius 1 is 1.32 bits per heavy atom. The largest absolute Gasteiger partial charge is 0.351 e. The first-order chi connectivity index (χ1) is 12.1. The Morgan fingerprint density at radius 3 is 2.80 bits per heavy atom. The lowest BCUT2D eigenvalue weighted by Crippen LogP contribution is -2.36. The second-order valence-corrected chi connectivity index (χ2v) is 7.99. The molecular formula is C16H21N5O2S2. The number of nitrogens with one attached hydrogen (secondary N) is 1. The Kier molecular flexibility index (Phi) is 6.09. The van der Waals surface area contributed by atoms with E-state index in [1.165, 1.54) is 35.9 Å². The van der Waals surface area contributed by atoms with Gasteiger partial charge in [0.05, 0.1) is 5.75 Å². The van der Waals surface area contributed by atoms with Crippen molar-refractivity contribution in [3.63, 3.8) is 0 Å². The van der Waals surface area contributed by atoms with E-state index in [-0.39, 0.29) is 5.75 Å². The molecular weight excluding hydrogens is 358 g/mol. The zero-order valence-electron chi connectivity index (χ0n) is 13.8. The Bertz CT molecular complexity index is 723. The lowest BCUT2D eigenvalue weighted by Gasteiger charge is -2.25. The quantitative estimate of drug-likeness (QED) is 0.751. The molecule has 1 saturated carbocycles. The summed E-state index contributed by atoms with van der Waals surface area (Å²) in [7, 11) is 0. The van der Waals surface area contributed by atoms with Gasteiger partial charge >= 0.3 is 6.03 Å². The molecule has 2 aromatic rings. The molecule has 0 atom stereocenters. The van der Waals surface area contributed by atoms with E-state index in [2.05, 4.69) is 31.5 Å². The molecule has 7 nitrogen and oxygen atoms in total. The lowest BCUT2D eigenvalue weighted by molar-refractivity contribution is -0.117. The van der Waals surface area contributed by atoms with Crippen molar-refractivity contribution in [1.82, 2.24) is 20.1 Å². The summed E-state index contributed by atoms with van der Waals surface area (Å²) in [4.78, 5) is 23.7. The molecule has 0 unspecified atom stereocenters. The van der Waals surface area contributed by atoms with E-state index in [1.807, 2.05) is 6.07 Å². The van der Waals surface area contributed by atoms with E-state index in [4.69, 9.17) is 5.73 Å². The summed E-state index contributed by atoms with van der Waals surface area (Å²) in [5.74, 6) is 0.606. The second kappa shape index (κ2) is 8.48. The maximum Gasteiger partial charge on any atom is 0.318 e. The Hall–Kier alpha value is -1.87. The van der Waals surface area contributed by atoms with Gasteiger partial charge in [0, 0.05) is 17.3 Å². The van der Waals surface area contributed by atoms with Gasteiger partial charge in [0.1, 0.15) is 5.82 Å². The van der Waals surface area contributed by atoms with Crippen LogP contribution in [0, 0.1) is 0 Å². The number of urea groups is 1. The van der Waals surface area contributed by atoms with Crippen molar-refractivity contribution < 1.29 is 9.59 Å². The van der Waals surface area contributed by atoms with Gasteiger partial charge in [-0.15, -0.1) is 21.5 Å². The second-order valence-electron chi connectivity index (χ2n) is 6.02. The molecule has 1 aliphatic rings. The summed E-state index contributed by atoms with van der Waals surface area (Å²) in [5, 5.41) is 13.6. The molecule has 1 aliphatic carbocycles. The number of thiophene rings is 1. The number of hydrogen-bond acceptors (Lipinski definition) is 6. The summed E-state index contributed by atoms with van der Waals surface area (Å²) in [6.45, 7) is 0. The summed E-state index contributed by atoms with van der Waals surface area (Å²) in [6.07, 6.45) is 6.63. The Balaban J connectivity index is 1.77. The lowest BCUT2D eigenvalue weighted by atomic mass is 9.95. The number of primary amides is 1. The van der Waals surface area contributed by atoms with E-state index in [9.17, 15) is 9.59 Å². The number of nitrogens with two attached hydrogens (primary N) is 1. The summed E-state index contributed by atoms with van der Waals surface area (Å²) in [6, 6.07) is 3.67. The third-order valence-corrected chi connectivity index (χ3v) is 6.00. The predicted octanol–water partition coefficient (Wildman–Crippen LogP) is 2.72. The normalized spacial score (nSPS) is 15.2. The minimum absolute atomic E-state index is 0.0901. The SMILES string of the molecule is NC(=O)NC(=O)CSc1nnc(Cc2cccs2)n1C1CCCCC1. The molecule has 3 rings (SSSR count). The van der Waals surface area contributed by atoms with Crippen LogP contribution in [0.15, 0.2) is 22.7 Å². The Morgan fingerprint density at radius 2 is 2.12 bits per heavy atom. The van der Waals surface area contributed by atoms with Gasteiger partial charge in [0.15, 0.2) is 5.16 Å². The zero-order chi connectivity index (χ0) is 17.6. The third kappa shape index (κ3) is 4.82. The number of hydrogen-bond donors (Lipinski definition) is 2. The van der Waals surface area contributed by atoms with Gasteiger partial charge < -0.3 is 10.3 Å². The van der Waals surface area contributed by atoms with E-state index in [0.29, 0.717) is 6.04 Å². The highest BCUT2D eigenvalue weighted by molar-refractivity contribution is 7.99. The van der Waals surface area contributed by atoms with Gasteiger partial charge in [-0.25, -0.2) is 4.79 Å². The van der Waals surface area contributed by atoms with Crippen molar-refractivity contribution >= 4 is 35.0 Å². The number of carbonyl (C=O) groups excluding carboxylic acids is 2. The van der Waals surface area contributed by atoms with E-state index in [1.54, 1.807) is 11.3 Å². The van der Waals surface area contributed by atoms with Crippen LogP contribution < -0.4 is 11.1 Å².